The van der Waals surface area contributed by atoms with Gasteiger partial charge in [0.25, 0.3) is 0 Å². The number of aryl methyl sites for hydroxylation is 1. The van der Waals surface area contributed by atoms with Crippen molar-refractivity contribution in [1.29, 1.82) is 0 Å². The molecule has 1 saturated heterocycles. The van der Waals surface area contributed by atoms with Crippen molar-refractivity contribution in [1.82, 2.24) is 14.9 Å². The molecule has 0 saturated carbocycles. The van der Waals surface area contributed by atoms with Gasteiger partial charge in [-0.05, 0) is 43.5 Å². The topological polar surface area (TPSA) is 61.8 Å². The summed E-state index contributed by atoms with van der Waals surface area (Å²) in [6, 6.07) is 6.85. The summed E-state index contributed by atoms with van der Waals surface area (Å²) in [5.74, 6) is 0.935. The van der Waals surface area contributed by atoms with E-state index in [1.807, 2.05) is 4.90 Å². The minimum absolute atomic E-state index is 0.0129. The van der Waals surface area contributed by atoms with Crippen LogP contribution in [0.5, 0.6) is 6.01 Å². The highest BCUT2D eigenvalue weighted by molar-refractivity contribution is 5.87. The van der Waals surface area contributed by atoms with E-state index in [9.17, 15) is 4.79 Å². The highest BCUT2D eigenvalue weighted by Crippen LogP contribution is 2.32. The van der Waals surface area contributed by atoms with Crippen LogP contribution in [-0.4, -0.2) is 60.6 Å². The highest BCUT2D eigenvalue weighted by Gasteiger charge is 2.28. The molecule has 0 spiro atoms. The first kappa shape index (κ1) is 20.2. The van der Waals surface area contributed by atoms with Gasteiger partial charge in [0, 0.05) is 44.0 Å². The molecule has 0 bridgehead atoms. The van der Waals surface area contributed by atoms with Gasteiger partial charge in [0.15, 0.2) is 0 Å². The first-order valence-corrected chi connectivity index (χ1v) is 10.4. The zero-order valence-electron chi connectivity index (χ0n) is 18.0. The van der Waals surface area contributed by atoms with Crippen molar-refractivity contribution < 1.29 is 9.53 Å². The Morgan fingerprint density at radius 1 is 1.10 bits per heavy atom. The highest BCUT2D eigenvalue weighted by atomic mass is 16.5. The lowest BCUT2D eigenvalue weighted by atomic mass is 10.0. The molecular weight excluding hydrogens is 378 g/mol. The summed E-state index contributed by atoms with van der Waals surface area (Å²) < 4.78 is 5.43. The van der Waals surface area contributed by atoms with Crippen LogP contribution in [0.15, 0.2) is 30.9 Å². The number of rotatable bonds is 4. The predicted octanol–water partition coefficient (Wildman–Crippen LogP) is 2.50. The Hall–Kier alpha value is -3.09. The molecule has 30 heavy (non-hydrogen) atoms. The molecule has 3 heterocycles. The van der Waals surface area contributed by atoms with Gasteiger partial charge in [0.2, 0.25) is 5.91 Å². The number of amides is 1. The van der Waals surface area contributed by atoms with E-state index in [4.69, 9.17) is 14.7 Å². The summed E-state index contributed by atoms with van der Waals surface area (Å²) in [5, 5.41) is 0. The number of fused-ring (bicyclic) bond motifs is 1. The van der Waals surface area contributed by atoms with Gasteiger partial charge in [0.1, 0.15) is 5.82 Å². The molecule has 0 atom stereocenters. The van der Waals surface area contributed by atoms with Gasteiger partial charge >= 0.3 is 6.01 Å². The number of carbonyl (C=O) groups is 1. The maximum atomic E-state index is 11.9. The fourth-order valence-corrected chi connectivity index (χ4v) is 4.29. The quantitative estimate of drug-likeness (QED) is 0.726. The van der Waals surface area contributed by atoms with Crippen LogP contribution in [0.2, 0.25) is 0 Å². The molecule has 0 N–H and O–H groups in total. The lowest BCUT2D eigenvalue weighted by molar-refractivity contribution is -0.126. The Morgan fingerprint density at radius 3 is 2.57 bits per heavy atom. The fraction of sp³-hybridized carbons (Fsp3) is 0.435. The molecule has 7 nitrogen and oxygen atoms in total. The lowest BCUT2D eigenvalue weighted by Gasteiger charge is -2.38. The minimum atomic E-state index is -0.0129. The van der Waals surface area contributed by atoms with E-state index in [0.29, 0.717) is 19.1 Å². The summed E-state index contributed by atoms with van der Waals surface area (Å²) in [4.78, 5) is 27.8. The predicted molar refractivity (Wildman–Crippen MR) is 118 cm³/mol. The van der Waals surface area contributed by atoms with Crippen LogP contribution in [0.4, 0.5) is 11.5 Å². The second-order valence-corrected chi connectivity index (χ2v) is 7.87. The Kier molecular flexibility index (Phi) is 5.61. The largest absolute Gasteiger partial charge is 0.467 e. The van der Waals surface area contributed by atoms with Crippen molar-refractivity contribution in [2.45, 2.75) is 26.8 Å². The summed E-state index contributed by atoms with van der Waals surface area (Å²) in [7, 11) is 1.61. The number of ether oxygens (including phenoxy) is 1. The van der Waals surface area contributed by atoms with E-state index in [1.54, 1.807) is 7.11 Å². The molecule has 4 rings (SSSR count). The van der Waals surface area contributed by atoms with Crippen molar-refractivity contribution in [3.05, 3.63) is 53.2 Å². The molecule has 158 valence electrons. The molecule has 0 aliphatic carbocycles. The van der Waals surface area contributed by atoms with Gasteiger partial charge in [-0.1, -0.05) is 18.7 Å². The lowest BCUT2D eigenvalue weighted by Crippen LogP contribution is -2.49. The average molecular weight is 408 g/mol. The standard InChI is InChI=1S/C23H29N5O2/c1-5-21(29)26-11-13-27(14-12-26)22-18-9-10-28(15-19(18)24-23(25-22)30-4)20-8-6-7-16(2)17(20)3/h5-8H,1,9-15H2,2-4H3. The Balaban J connectivity index is 1.61. The molecule has 1 fully saturated rings. The first-order chi connectivity index (χ1) is 14.5. The van der Waals surface area contributed by atoms with Crippen molar-refractivity contribution >= 4 is 17.4 Å². The number of carbonyl (C=O) groups excluding carboxylic acids is 1. The SMILES string of the molecule is C=CC(=O)N1CCN(c2nc(OC)nc3c2CCN(c2cccc(C)c2C)C3)CC1. The van der Waals surface area contributed by atoms with Crippen molar-refractivity contribution in [2.75, 3.05) is 49.6 Å². The fourth-order valence-electron chi connectivity index (χ4n) is 4.29. The monoisotopic (exact) mass is 407 g/mol. The molecule has 1 amide bonds. The van der Waals surface area contributed by atoms with Crippen LogP contribution in [-0.2, 0) is 17.8 Å². The van der Waals surface area contributed by atoms with Crippen LogP contribution >= 0.6 is 0 Å². The zero-order valence-corrected chi connectivity index (χ0v) is 18.0. The van der Waals surface area contributed by atoms with Crippen molar-refractivity contribution in [3.63, 3.8) is 0 Å². The second kappa shape index (κ2) is 8.34. The summed E-state index contributed by atoms with van der Waals surface area (Å²) >= 11 is 0. The number of anilines is 2. The molecule has 2 aliphatic heterocycles. The molecule has 0 radical (unpaired) electrons. The van der Waals surface area contributed by atoms with Gasteiger partial charge in [-0.15, -0.1) is 0 Å². The van der Waals surface area contributed by atoms with Gasteiger partial charge in [-0.3, -0.25) is 4.79 Å². The Bertz CT molecular complexity index is 966. The van der Waals surface area contributed by atoms with E-state index in [1.165, 1.54) is 28.5 Å². The van der Waals surface area contributed by atoms with Gasteiger partial charge in [-0.25, -0.2) is 0 Å². The van der Waals surface area contributed by atoms with Crippen molar-refractivity contribution in [2.24, 2.45) is 0 Å². The number of hydrogen-bond donors (Lipinski definition) is 0. The van der Waals surface area contributed by atoms with Crippen LogP contribution in [0.25, 0.3) is 0 Å². The maximum absolute atomic E-state index is 11.9. The summed E-state index contributed by atoms with van der Waals surface area (Å²) in [5.41, 5.74) is 6.09. The first-order valence-electron chi connectivity index (χ1n) is 10.4. The smallest absolute Gasteiger partial charge is 0.318 e. The van der Waals surface area contributed by atoms with Gasteiger partial charge in [-0.2, -0.15) is 9.97 Å². The normalized spacial score (nSPS) is 16.3. The third kappa shape index (κ3) is 3.72. The molecule has 1 aromatic carbocycles. The van der Waals surface area contributed by atoms with Crippen LogP contribution < -0.4 is 14.5 Å². The summed E-state index contributed by atoms with van der Waals surface area (Å²) in [6.07, 6.45) is 2.26. The van der Waals surface area contributed by atoms with Crippen LogP contribution in [0.1, 0.15) is 22.4 Å². The van der Waals surface area contributed by atoms with Crippen LogP contribution in [0, 0.1) is 13.8 Å². The third-order valence-corrected chi connectivity index (χ3v) is 6.19. The van der Waals surface area contributed by atoms with Crippen molar-refractivity contribution in [3.8, 4) is 6.01 Å². The zero-order chi connectivity index (χ0) is 21.3. The van der Waals surface area contributed by atoms with Crippen LogP contribution in [0.3, 0.4) is 0 Å². The molecule has 7 heteroatoms. The number of hydrogen-bond acceptors (Lipinski definition) is 6. The van der Waals surface area contributed by atoms with Gasteiger partial charge in [0.05, 0.1) is 19.3 Å². The van der Waals surface area contributed by atoms with E-state index in [0.717, 1.165) is 44.1 Å². The molecule has 2 aliphatic rings. The Morgan fingerprint density at radius 2 is 1.87 bits per heavy atom. The third-order valence-electron chi connectivity index (χ3n) is 6.19. The maximum Gasteiger partial charge on any atom is 0.318 e. The molecule has 2 aromatic rings. The number of piperazine rings is 1. The minimum Gasteiger partial charge on any atom is -0.467 e. The second-order valence-electron chi connectivity index (χ2n) is 7.87. The van der Waals surface area contributed by atoms with Gasteiger partial charge < -0.3 is 19.4 Å². The summed E-state index contributed by atoms with van der Waals surface area (Å²) in [6.45, 7) is 12.4. The Labute approximate surface area is 178 Å². The number of benzene rings is 1. The van der Waals surface area contributed by atoms with E-state index in [2.05, 4.69) is 48.4 Å². The number of nitrogens with zero attached hydrogens (tertiary/aromatic N) is 5. The van der Waals surface area contributed by atoms with E-state index < -0.39 is 0 Å². The van der Waals surface area contributed by atoms with E-state index >= 15 is 0 Å². The van der Waals surface area contributed by atoms with E-state index in [-0.39, 0.29) is 5.91 Å². The number of methoxy groups -OCH3 is 1. The number of aromatic nitrogens is 2. The molecule has 1 aromatic heterocycles. The molecule has 0 unspecified atom stereocenters. The average Bonchev–Trinajstić information content (AvgIpc) is 2.79. The molecular formula is C23H29N5O2.